The molecule has 6 heteroatoms. The molecule has 4 heterocycles. The Labute approximate surface area is 287 Å². The molecule has 0 saturated heterocycles. The smallest absolute Gasteiger partial charge is 0.164 e. The van der Waals surface area contributed by atoms with E-state index in [1.54, 1.807) is 6.20 Å². The Morgan fingerprint density at radius 1 is 0.460 bits per heavy atom. The number of fused-ring (bicyclic) bond motifs is 6. The van der Waals surface area contributed by atoms with Gasteiger partial charge in [0.05, 0.1) is 11.0 Å². The van der Waals surface area contributed by atoms with Crippen LogP contribution in [0.4, 0.5) is 0 Å². The Kier molecular flexibility index (Phi) is 6.39. The fourth-order valence-corrected chi connectivity index (χ4v) is 7.06. The first-order chi connectivity index (χ1) is 24.8. The zero-order chi connectivity index (χ0) is 33.0. The first-order valence-corrected chi connectivity index (χ1v) is 16.6. The summed E-state index contributed by atoms with van der Waals surface area (Å²) in [5.41, 5.74) is 9.70. The third kappa shape index (κ3) is 4.50. The topological polar surface area (TPSA) is 69.6 Å². The van der Waals surface area contributed by atoms with E-state index in [-0.39, 0.29) is 0 Å². The minimum Gasteiger partial charge on any atom is -0.455 e. The van der Waals surface area contributed by atoms with Gasteiger partial charge in [-0.05, 0) is 54.1 Å². The van der Waals surface area contributed by atoms with Crippen LogP contribution in [-0.2, 0) is 0 Å². The Balaban J connectivity index is 1.22. The van der Waals surface area contributed by atoms with Gasteiger partial charge in [0, 0.05) is 61.9 Å². The highest BCUT2D eigenvalue weighted by atomic mass is 16.3. The van der Waals surface area contributed by atoms with Gasteiger partial charge in [-0.2, -0.15) is 0 Å². The van der Waals surface area contributed by atoms with Gasteiger partial charge in [-0.3, -0.25) is 4.98 Å². The molecule has 4 aromatic heterocycles. The molecule has 0 aliphatic heterocycles. The molecule has 0 amide bonds. The van der Waals surface area contributed by atoms with Gasteiger partial charge in [0.2, 0.25) is 0 Å². The Bertz CT molecular complexity index is 2800. The van der Waals surface area contributed by atoms with Crippen molar-refractivity contribution in [2.45, 2.75) is 0 Å². The molecule has 50 heavy (non-hydrogen) atoms. The third-order valence-corrected chi connectivity index (χ3v) is 9.36. The Morgan fingerprint density at radius 3 is 1.82 bits per heavy atom. The lowest BCUT2D eigenvalue weighted by atomic mass is 9.97. The molecular weight excluding hydrogens is 615 g/mol. The van der Waals surface area contributed by atoms with Crippen LogP contribution in [0.2, 0.25) is 0 Å². The fourth-order valence-electron chi connectivity index (χ4n) is 7.06. The van der Waals surface area contributed by atoms with E-state index < -0.39 is 0 Å². The van der Waals surface area contributed by atoms with E-state index in [0.717, 1.165) is 61.0 Å². The summed E-state index contributed by atoms with van der Waals surface area (Å²) in [7, 11) is 0. The SMILES string of the molecule is c1ccc(-c2nc(-c3ccccc3)nc(-c3ccc(-c4ccc5c(c4)c4ccccc4n5-c4ccccc4)c4oc5ccncc5c34)n2)cc1. The van der Waals surface area contributed by atoms with Crippen LogP contribution in [0.25, 0.3) is 94.7 Å². The lowest BCUT2D eigenvalue weighted by molar-refractivity contribution is 0.669. The third-order valence-electron chi connectivity index (χ3n) is 9.36. The standard InChI is InChI=1S/C44H27N5O/c1-4-12-28(13-5-1)42-46-43(29-14-6-2-7-15-29)48-44(47-42)34-22-21-32(41-40(34)36-27-45-25-24-39(36)50-41)30-20-23-38-35(26-30)33-18-10-11-19-37(33)49(38)31-16-8-3-9-17-31/h1-27H. The summed E-state index contributed by atoms with van der Waals surface area (Å²) in [6.07, 6.45) is 3.63. The van der Waals surface area contributed by atoms with Crippen LogP contribution in [0.3, 0.4) is 0 Å². The van der Waals surface area contributed by atoms with Gasteiger partial charge >= 0.3 is 0 Å². The van der Waals surface area contributed by atoms with E-state index >= 15 is 0 Å². The minimum atomic E-state index is 0.571. The largest absolute Gasteiger partial charge is 0.455 e. The van der Waals surface area contributed by atoms with Crippen molar-refractivity contribution in [3.05, 3.63) is 164 Å². The van der Waals surface area contributed by atoms with Gasteiger partial charge in [-0.1, -0.05) is 103 Å². The average Bonchev–Trinajstić information content (AvgIpc) is 3.75. The summed E-state index contributed by atoms with van der Waals surface area (Å²) in [4.78, 5) is 19.5. The molecule has 10 rings (SSSR count). The summed E-state index contributed by atoms with van der Waals surface area (Å²) >= 11 is 0. The molecule has 0 unspecified atom stereocenters. The van der Waals surface area contributed by atoms with Crippen LogP contribution < -0.4 is 0 Å². The van der Waals surface area contributed by atoms with Crippen molar-refractivity contribution in [3.8, 4) is 51.0 Å². The van der Waals surface area contributed by atoms with Gasteiger partial charge in [0.15, 0.2) is 17.5 Å². The summed E-state index contributed by atoms with van der Waals surface area (Å²) in [5, 5.41) is 4.20. The molecule has 0 bridgehead atoms. The number of hydrogen-bond donors (Lipinski definition) is 0. The van der Waals surface area contributed by atoms with E-state index in [1.165, 1.54) is 16.3 Å². The average molecular weight is 642 g/mol. The quantitative estimate of drug-likeness (QED) is 0.187. The highest BCUT2D eigenvalue weighted by Gasteiger charge is 2.22. The highest BCUT2D eigenvalue weighted by Crippen LogP contribution is 2.43. The van der Waals surface area contributed by atoms with E-state index in [2.05, 4.69) is 94.5 Å². The van der Waals surface area contributed by atoms with Crippen molar-refractivity contribution in [2.24, 2.45) is 0 Å². The number of pyridine rings is 1. The van der Waals surface area contributed by atoms with Crippen LogP contribution in [0, 0.1) is 0 Å². The molecule has 0 radical (unpaired) electrons. The minimum absolute atomic E-state index is 0.571. The van der Waals surface area contributed by atoms with Gasteiger partial charge in [0.25, 0.3) is 0 Å². The molecule has 6 nitrogen and oxygen atoms in total. The van der Waals surface area contributed by atoms with Gasteiger partial charge in [-0.15, -0.1) is 0 Å². The summed E-state index contributed by atoms with van der Waals surface area (Å²) in [6, 6.07) is 52.0. The summed E-state index contributed by atoms with van der Waals surface area (Å²) in [6.45, 7) is 0. The van der Waals surface area contributed by atoms with Crippen LogP contribution in [0.5, 0.6) is 0 Å². The van der Waals surface area contributed by atoms with Crippen molar-refractivity contribution >= 4 is 43.7 Å². The predicted octanol–water partition coefficient (Wildman–Crippen LogP) is 10.9. The maximum absolute atomic E-state index is 6.69. The molecular formula is C44H27N5O. The van der Waals surface area contributed by atoms with Crippen LogP contribution in [0.15, 0.2) is 168 Å². The molecule has 6 aromatic carbocycles. The number of para-hydroxylation sites is 2. The van der Waals surface area contributed by atoms with Gasteiger partial charge < -0.3 is 8.98 Å². The number of aromatic nitrogens is 5. The summed E-state index contributed by atoms with van der Waals surface area (Å²) < 4.78 is 9.02. The molecule has 0 spiro atoms. The first-order valence-electron chi connectivity index (χ1n) is 16.6. The second kappa shape index (κ2) is 11.4. The van der Waals surface area contributed by atoms with E-state index in [1.807, 2.05) is 72.9 Å². The van der Waals surface area contributed by atoms with Crippen LogP contribution in [-0.4, -0.2) is 24.5 Å². The van der Waals surface area contributed by atoms with Gasteiger partial charge in [-0.25, -0.2) is 15.0 Å². The predicted molar refractivity (Wildman–Crippen MR) is 201 cm³/mol. The lowest BCUT2D eigenvalue weighted by Crippen LogP contribution is -2.00. The molecule has 0 N–H and O–H groups in total. The fraction of sp³-hybridized carbons (Fsp3) is 0. The number of furan rings is 1. The molecule has 0 saturated carbocycles. The molecule has 0 aliphatic carbocycles. The molecule has 0 aliphatic rings. The van der Waals surface area contributed by atoms with Crippen LogP contribution in [0.1, 0.15) is 0 Å². The zero-order valence-electron chi connectivity index (χ0n) is 26.7. The van der Waals surface area contributed by atoms with Crippen molar-refractivity contribution in [2.75, 3.05) is 0 Å². The Hall–Kier alpha value is -6.92. The highest BCUT2D eigenvalue weighted by molar-refractivity contribution is 6.17. The number of rotatable bonds is 5. The number of nitrogens with zero attached hydrogens (tertiary/aromatic N) is 5. The van der Waals surface area contributed by atoms with E-state index in [0.29, 0.717) is 17.5 Å². The number of hydrogen-bond acceptors (Lipinski definition) is 5. The van der Waals surface area contributed by atoms with E-state index in [4.69, 9.17) is 19.4 Å². The normalized spacial score (nSPS) is 11.6. The molecule has 0 atom stereocenters. The summed E-state index contributed by atoms with van der Waals surface area (Å²) in [5.74, 6) is 1.79. The second-order valence-corrected chi connectivity index (χ2v) is 12.3. The van der Waals surface area contributed by atoms with Crippen molar-refractivity contribution in [3.63, 3.8) is 0 Å². The van der Waals surface area contributed by atoms with Crippen molar-refractivity contribution in [1.29, 1.82) is 0 Å². The molecule has 10 aromatic rings. The Morgan fingerprint density at radius 2 is 1.08 bits per heavy atom. The number of benzene rings is 6. The molecule has 234 valence electrons. The van der Waals surface area contributed by atoms with Crippen LogP contribution >= 0.6 is 0 Å². The van der Waals surface area contributed by atoms with Gasteiger partial charge in [0.1, 0.15) is 11.2 Å². The first kappa shape index (κ1) is 28.1. The van der Waals surface area contributed by atoms with E-state index in [9.17, 15) is 0 Å². The van der Waals surface area contributed by atoms with Crippen molar-refractivity contribution in [1.82, 2.24) is 24.5 Å². The van der Waals surface area contributed by atoms with Crippen molar-refractivity contribution < 1.29 is 4.42 Å². The molecule has 0 fully saturated rings. The maximum atomic E-state index is 6.69. The monoisotopic (exact) mass is 641 g/mol. The lowest BCUT2D eigenvalue weighted by Gasteiger charge is -2.11. The maximum Gasteiger partial charge on any atom is 0.164 e. The zero-order valence-corrected chi connectivity index (χ0v) is 26.7. The second-order valence-electron chi connectivity index (χ2n) is 12.3.